The van der Waals surface area contributed by atoms with Gasteiger partial charge in [0.1, 0.15) is 0 Å². The van der Waals surface area contributed by atoms with Crippen molar-refractivity contribution in [2.75, 3.05) is 32.8 Å². The van der Waals surface area contributed by atoms with E-state index in [1.165, 1.54) is 6.42 Å². The molecule has 0 aromatic rings. The minimum Gasteiger partial charge on any atom is -0.339 e. The van der Waals surface area contributed by atoms with Crippen molar-refractivity contribution in [3.05, 3.63) is 22.9 Å². The van der Waals surface area contributed by atoms with Crippen molar-refractivity contribution < 1.29 is 19.1 Å². The number of hydrogen-bond donors (Lipinski definition) is 0. The average Bonchev–Trinajstić information content (AvgIpc) is 3.02. The molecule has 7 nitrogen and oxygen atoms in total. The highest BCUT2D eigenvalue weighted by Crippen LogP contribution is 2.47. The number of unbranched alkanes of at least 4 members (excludes halogenated alkanes) is 3. The van der Waals surface area contributed by atoms with E-state index in [0.717, 1.165) is 68.5 Å². The fraction of sp³-hybridized carbons (Fsp3) is 0.708. The zero-order valence-electron chi connectivity index (χ0n) is 18.5. The number of nitrogens with zero attached hydrogens (tertiary/aromatic N) is 3. The summed E-state index contributed by atoms with van der Waals surface area (Å²) in [5, 5.41) is 8.75. The Kier molecular flexibility index (Phi) is 6.78. The fourth-order valence-electron chi connectivity index (χ4n) is 5.21. The van der Waals surface area contributed by atoms with Gasteiger partial charge in [-0.1, -0.05) is 13.3 Å². The number of allylic oxidation sites excluding steroid dienone is 1. The Morgan fingerprint density at radius 1 is 1.16 bits per heavy atom. The van der Waals surface area contributed by atoms with Crippen molar-refractivity contribution in [1.82, 2.24) is 9.80 Å². The third-order valence-corrected chi connectivity index (χ3v) is 6.75. The lowest BCUT2D eigenvalue weighted by molar-refractivity contribution is -0.234. The van der Waals surface area contributed by atoms with E-state index in [4.69, 9.17) is 14.7 Å². The SMILES string of the molecule is CC1CC(C(=O)N2CCCCC2)=CC2=C1N(CCCCCC#N)C(=O)C21OCCCO1. The normalized spacial score (nSPS) is 25.5. The van der Waals surface area contributed by atoms with Gasteiger partial charge in [0, 0.05) is 48.8 Å². The lowest BCUT2D eigenvalue weighted by atomic mass is 9.86. The van der Waals surface area contributed by atoms with Crippen LogP contribution in [-0.4, -0.2) is 60.2 Å². The maximum absolute atomic E-state index is 13.5. The summed E-state index contributed by atoms with van der Waals surface area (Å²) in [6, 6.07) is 2.17. The average molecular weight is 428 g/mol. The molecule has 2 amide bonds. The number of rotatable bonds is 6. The maximum atomic E-state index is 13.5. The van der Waals surface area contributed by atoms with Gasteiger partial charge in [0.25, 0.3) is 11.7 Å². The summed E-state index contributed by atoms with van der Waals surface area (Å²) in [6.07, 6.45) is 9.67. The van der Waals surface area contributed by atoms with Crippen molar-refractivity contribution in [3.8, 4) is 6.07 Å². The highest BCUT2D eigenvalue weighted by atomic mass is 16.7. The van der Waals surface area contributed by atoms with Crippen LogP contribution in [0.2, 0.25) is 0 Å². The largest absolute Gasteiger partial charge is 0.339 e. The predicted octanol–water partition coefficient (Wildman–Crippen LogP) is 3.28. The summed E-state index contributed by atoms with van der Waals surface area (Å²) in [4.78, 5) is 30.6. The number of hydrogen-bond acceptors (Lipinski definition) is 5. The van der Waals surface area contributed by atoms with Gasteiger partial charge in [-0.05, 0) is 51.0 Å². The molecular weight excluding hydrogens is 394 g/mol. The molecule has 0 aromatic heterocycles. The van der Waals surface area contributed by atoms with Gasteiger partial charge in [-0.3, -0.25) is 9.59 Å². The maximum Gasteiger partial charge on any atom is 0.292 e. The van der Waals surface area contributed by atoms with Crippen LogP contribution in [0.3, 0.4) is 0 Å². The van der Waals surface area contributed by atoms with Gasteiger partial charge in [-0.15, -0.1) is 0 Å². The monoisotopic (exact) mass is 427 g/mol. The molecule has 0 aromatic carbocycles. The Morgan fingerprint density at radius 3 is 2.61 bits per heavy atom. The summed E-state index contributed by atoms with van der Waals surface area (Å²) in [5.74, 6) is -1.43. The van der Waals surface area contributed by atoms with Crippen LogP contribution in [0, 0.1) is 17.2 Å². The number of amides is 2. The summed E-state index contributed by atoms with van der Waals surface area (Å²) in [7, 11) is 0. The third-order valence-electron chi connectivity index (χ3n) is 6.75. The number of fused-ring (bicyclic) bond motifs is 1. The number of piperidine rings is 1. The number of likely N-dealkylation sites (tertiary alicyclic amines) is 1. The summed E-state index contributed by atoms with van der Waals surface area (Å²) in [5.41, 5.74) is 2.43. The zero-order chi connectivity index (χ0) is 21.8. The van der Waals surface area contributed by atoms with Crippen LogP contribution in [0.5, 0.6) is 0 Å². The third kappa shape index (κ3) is 4.16. The Bertz CT molecular complexity index is 813. The molecule has 1 atom stereocenters. The molecule has 0 bridgehead atoms. The molecule has 4 aliphatic rings. The zero-order valence-corrected chi connectivity index (χ0v) is 18.5. The molecule has 1 unspecified atom stereocenters. The molecule has 168 valence electrons. The van der Waals surface area contributed by atoms with Gasteiger partial charge in [-0.25, -0.2) is 0 Å². The first-order valence-electron chi connectivity index (χ1n) is 11.8. The molecule has 3 heterocycles. The van der Waals surface area contributed by atoms with Crippen LogP contribution in [-0.2, 0) is 19.1 Å². The molecule has 1 aliphatic carbocycles. The van der Waals surface area contributed by atoms with Crippen molar-refractivity contribution >= 4 is 11.8 Å². The highest BCUT2D eigenvalue weighted by molar-refractivity contribution is 5.98. The number of carbonyl (C=O) groups is 2. The minimum absolute atomic E-state index is 0.0419. The van der Waals surface area contributed by atoms with E-state index in [0.29, 0.717) is 32.6 Å². The molecule has 2 saturated heterocycles. The van der Waals surface area contributed by atoms with Crippen molar-refractivity contribution in [2.24, 2.45) is 5.92 Å². The van der Waals surface area contributed by atoms with E-state index >= 15 is 0 Å². The molecule has 31 heavy (non-hydrogen) atoms. The topological polar surface area (TPSA) is 82.9 Å². The highest BCUT2D eigenvalue weighted by Gasteiger charge is 2.57. The van der Waals surface area contributed by atoms with Crippen molar-refractivity contribution in [2.45, 2.75) is 70.5 Å². The van der Waals surface area contributed by atoms with Gasteiger partial charge in [0.2, 0.25) is 5.91 Å². The van der Waals surface area contributed by atoms with E-state index in [9.17, 15) is 9.59 Å². The molecule has 4 rings (SSSR count). The van der Waals surface area contributed by atoms with Gasteiger partial charge >= 0.3 is 0 Å². The summed E-state index contributed by atoms with van der Waals surface area (Å²) < 4.78 is 12.0. The molecule has 0 saturated carbocycles. The molecular formula is C24H33N3O4. The van der Waals surface area contributed by atoms with Crippen LogP contribution < -0.4 is 0 Å². The van der Waals surface area contributed by atoms with Gasteiger partial charge in [0.15, 0.2) is 0 Å². The summed E-state index contributed by atoms with van der Waals surface area (Å²) in [6.45, 7) is 5.23. The Labute approximate surface area is 184 Å². The lowest BCUT2D eigenvalue weighted by Gasteiger charge is -2.34. The first kappa shape index (κ1) is 22.0. The minimum atomic E-state index is -1.40. The molecule has 1 spiro atoms. The first-order valence-corrected chi connectivity index (χ1v) is 11.8. The van der Waals surface area contributed by atoms with E-state index < -0.39 is 5.79 Å². The van der Waals surface area contributed by atoms with E-state index in [1.54, 1.807) is 0 Å². The van der Waals surface area contributed by atoms with Crippen LogP contribution in [0.25, 0.3) is 0 Å². The second-order valence-electron chi connectivity index (χ2n) is 9.02. The molecule has 0 radical (unpaired) electrons. The van der Waals surface area contributed by atoms with Gasteiger partial charge < -0.3 is 19.3 Å². The predicted molar refractivity (Wildman–Crippen MR) is 114 cm³/mol. The number of ether oxygens (including phenoxy) is 2. The van der Waals surface area contributed by atoms with Gasteiger partial charge in [-0.2, -0.15) is 5.26 Å². The quantitative estimate of drug-likeness (QED) is 0.608. The molecule has 2 fully saturated rings. The Morgan fingerprint density at radius 2 is 1.90 bits per heavy atom. The molecule has 7 heteroatoms. The van der Waals surface area contributed by atoms with Gasteiger partial charge in [0.05, 0.1) is 19.3 Å². The fourth-order valence-corrected chi connectivity index (χ4v) is 5.21. The van der Waals surface area contributed by atoms with Crippen LogP contribution in [0.15, 0.2) is 22.9 Å². The van der Waals surface area contributed by atoms with Crippen molar-refractivity contribution in [3.63, 3.8) is 0 Å². The van der Waals surface area contributed by atoms with Crippen molar-refractivity contribution in [1.29, 1.82) is 5.26 Å². The first-order chi connectivity index (χ1) is 15.1. The van der Waals surface area contributed by atoms with Crippen LogP contribution in [0.4, 0.5) is 0 Å². The van der Waals surface area contributed by atoms with E-state index in [1.807, 2.05) is 15.9 Å². The Hall–Kier alpha value is -2.17. The second kappa shape index (κ2) is 9.54. The van der Waals surface area contributed by atoms with Crippen LogP contribution >= 0.6 is 0 Å². The molecule has 3 aliphatic heterocycles. The standard InChI is InChI=1S/C24H33N3O4/c1-18-16-19(22(28)26-11-6-4-7-12-26)17-20-21(18)27(13-8-3-2-5-10-25)23(29)24(20)30-14-9-15-31-24/h17-18H,2-9,11-16H2,1H3. The van der Waals surface area contributed by atoms with Crippen LogP contribution in [0.1, 0.15) is 64.7 Å². The molecule has 0 N–H and O–H groups in total. The second-order valence-corrected chi connectivity index (χ2v) is 9.02. The lowest BCUT2D eigenvalue weighted by Crippen LogP contribution is -2.50. The smallest absolute Gasteiger partial charge is 0.292 e. The van der Waals surface area contributed by atoms with E-state index in [2.05, 4.69) is 13.0 Å². The number of carbonyl (C=O) groups excluding carboxylic acids is 2. The summed E-state index contributed by atoms with van der Waals surface area (Å²) >= 11 is 0. The number of nitriles is 1. The van der Waals surface area contributed by atoms with E-state index in [-0.39, 0.29) is 17.7 Å². The Balaban J connectivity index is 1.61.